The van der Waals surface area contributed by atoms with Crippen molar-refractivity contribution in [3.8, 4) is 0 Å². The number of hydrogen-bond acceptors (Lipinski definition) is 5. The minimum atomic E-state index is -0.336. The minimum Gasteiger partial charge on any atom is -0.468 e. The van der Waals surface area contributed by atoms with Crippen LogP contribution in [0.4, 0.5) is 0 Å². The van der Waals surface area contributed by atoms with Crippen molar-refractivity contribution in [2.24, 2.45) is 10.4 Å². The number of aliphatic imine (C=N–C) groups is 1. The van der Waals surface area contributed by atoms with E-state index in [0.717, 1.165) is 24.7 Å². The minimum absolute atomic E-state index is 0.0763. The van der Waals surface area contributed by atoms with E-state index in [2.05, 4.69) is 30.3 Å². The van der Waals surface area contributed by atoms with Crippen molar-refractivity contribution in [1.29, 1.82) is 0 Å². The number of guanidine groups is 1. The molecule has 0 unspecified atom stereocenters. The highest BCUT2D eigenvalue weighted by atomic mass is 16.5. The lowest BCUT2D eigenvalue weighted by Gasteiger charge is -2.44. The van der Waals surface area contributed by atoms with Gasteiger partial charge in [0, 0.05) is 20.1 Å². The highest BCUT2D eigenvalue weighted by Gasteiger charge is 2.36. The van der Waals surface area contributed by atoms with Crippen molar-refractivity contribution in [3.63, 3.8) is 0 Å². The maximum Gasteiger partial charge on any atom is 0.327 e. The molecule has 2 fully saturated rings. The van der Waals surface area contributed by atoms with Crippen LogP contribution in [0.15, 0.2) is 11.2 Å². The normalized spacial score (nSPS) is 20.4. The first-order valence-corrected chi connectivity index (χ1v) is 10.1. The monoisotopic (exact) mass is 376 g/mol. The van der Waals surface area contributed by atoms with Crippen LogP contribution in [-0.2, 0) is 22.6 Å². The molecule has 1 aliphatic carbocycles. The molecule has 8 heteroatoms. The lowest BCUT2D eigenvalue weighted by atomic mass is 9.74. The number of carbonyl (C=O) groups is 1. The van der Waals surface area contributed by atoms with E-state index in [-0.39, 0.29) is 12.5 Å². The molecule has 2 aliphatic rings. The Hall–Kier alpha value is -2.12. The summed E-state index contributed by atoms with van der Waals surface area (Å²) in [4.78, 5) is 18.2. The molecular weight excluding hydrogens is 344 g/mol. The molecule has 1 aliphatic heterocycles. The first-order valence-electron chi connectivity index (χ1n) is 10.1. The highest BCUT2D eigenvalue weighted by molar-refractivity contribution is 5.80. The van der Waals surface area contributed by atoms with Crippen molar-refractivity contribution in [2.75, 3.05) is 27.2 Å². The number of esters is 1. The smallest absolute Gasteiger partial charge is 0.327 e. The highest BCUT2D eigenvalue weighted by Crippen LogP contribution is 2.42. The molecule has 1 saturated carbocycles. The van der Waals surface area contributed by atoms with Gasteiger partial charge in [-0.3, -0.25) is 9.79 Å². The average Bonchev–Trinajstić information content (AvgIpc) is 3.00. The second-order valence-corrected chi connectivity index (χ2v) is 7.82. The predicted molar refractivity (Wildman–Crippen MR) is 103 cm³/mol. The van der Waals surface area contributed by atoms with Gasteiger partial charge in [-0.1, -0.05) is 30.9 Å². The van der Waals surface area contributed by atoms with Gasteiger partial charge in [0.2, 0.25) is 0 Å². The molecular formula is C19H32N6O2. The summed E-state index contributed by atoms with van der Waals surface area (Å²) in [5.41, 5.74) is 1.25. The fourth-order valence-corrected chi connectivity index (χ4v) is 4.47. The molecule has 0 bridgehead atoms. The van der Waals surface area contributed by atoms with E-state index in [0.29, 0.717) is 12.0 Å². The van der Waals surface area contributed by atoms with Gasteiger partial charge in [0.25, 0.3) is 0 Å². The lowest BCUT2D eigenvalue weighted by molar-refractivity contribution is -0.141. The second-order valence-electron chi connectivity index (χ2n) is 7.82. The quantitative estimate of drug-likeness (QED) is 0.491. The van der Waals surface area contributed by atoms with Gasteiger partial charge in [0.15, 0.2) is 5.96 Å². The Morgan fingerprint density at radius 2 is 2.00 bits per heavy atom. The average molecular weight is 377 g/mol. The number of likely N-dealkylation sites (tertiary alicyclic amines) is 1. The topological polar surface area (TPSA) is 84.6 Å². The molecule has 0 radical (unpaired) electrons. The summed E-state index contributed by atoms with van der Waals surface area (Å²) < 4.78 is 6.15. The zero-order chi connectivity index (χ0) is 19.1. The van der Waals surface area contributed by atoms with E-state index in [1.165, 1.54) is 63.2 Å². The molecule has 27 heavy (non-hydrogen) atoms. The fraction of sp³-hybridized carbons (Fsp3) is 0.789. The van der Waals surface area contributed by atoms with E-state index in [1.807, 2.05) is 7.05 Å². The van der Waals surface area contributed by atoms with Gasteiger partial charge in [-0.2, -0.15) is 0 Å². The van der Waals surface area contributed by atoms with E-state index in [1.54, 1.807) is 6.20 Å². The molecule has 2 heterocycles. The second kappa shape index (κ2) is 9.19. The number of piperidine rings is 1. The van der Waals surface area contributed by atoms with Crippen LogP contribution in [0.5, 0.6) is 0 Å². The van der Waals surface area contributed by atoms with Gasteiger partial charge in [-0.05, 0) is 31.1 Å². The van der Waals surface area contributed by atoms with Crippen LogP contribution in [-0.4, -0.2) is 59.1 Å². The number of ether oxygens (including phenoxy) is 1. The number of methoxy groups -OCH3 is 1. The predicted octanol–water partition coefficient (Wildman–Crippen LogP) is 1.96. The van der Waals surface area contributed by atoms with Gasteiger partial charge in [-0.15, -0.1) is 5.10 Å². The van der Waals surface area contributed by atoms with Crippen molar-refractivity contribution in [2.45, 2.75) is 64.5 Å². The third kappa shape index (κ3) is 5.20. The molecule has 0 atom stereocenters. The van der Waals surface area contributed by atoms with Gasteiger partial charge >= 0.3 is 5.97 Å². The summed E-state index contributed by atoms with van der Waals surface area (Å²) >= 11 is 0. The first-order chi connectivity index (χ1) is 13.1. The molecule has 1 N–H and O–H groups in total. The Labute approximate surface area is 161 Å². The maximum atomic E-state index is 11.3. The zero-order valence-corrected chi connectivity index (χ0v) is 16.6. The Bertz CT molecular complexity index is 648. The Kier molecular flexibility index (Phi) is 6.68. The van der Waals surface area contributed by atoms with E-state index >= 15 is 0 Å². The number of nitrogens with one attached hydrogen (secondary N) is 1. The van der Waals surface area contributed by atoms with Crippen LogP contribution in [0, 0.1) is 5.41 Å². The first kappa shape index (κ1) is 19.6. The van der Waals surface area contributed by atoms with Crippen LogP contribution in [0.3, 0.4) is 0 Å². The summed E-state index contributed by atoms with van der Waals surface area (Å²) in [6.07, 6.45) is 12.5. The van der Waals surface area contributed by atoms with Crippen LogP contribution in [0.1, 0.15) is 57.1 Å². The standard InChI is InChI=1S/C19H32N6O2/c1-20-18(21-12-16-13-25(23-22-16)14-17(26)27-2)24-11-7-10-19(15-24)8-5-3-4-6-9-19/h13H,3-12,14-15H2,1-2H3,(H,20,21). The Balaban J connectivity index is 1.56. The molecule has 0 aromatic carbocycles. The number of carbonyl (C=O) groups excluding carboxylic acids is 1. The molecule has 1 spiro atoms. The summed E-state index contributed by atoms with van der Waals surface area (Å²) in [6, 6.07) is 0. The van der Waals surface area contributed by atoms with Gasteiger partial charge in [0.1, 0.15) is 12.2 Å². The molecule has 1 aromatic heterocycles. The van der Waals surface area contributed by atoms with Crippen LogP contribution >= 0.6 is 0 Å². The van der Waals surface area contributed by atoms with Crippen molar-refractivity contribution in [1.82, 2.24) is 25.2 Å². The molecule has 150 valence electrons. The van der Waals surface area contributed by atoms with Crippen molar-refractivity contribution < 1.29 is 9.53 Å². The van der Waals surface area contributed by atoms with Gasteiger partial charge in [-0.25, -0.2) is 4.68 Å². The van der Waals surface area contributed by atoms with E-state index in [9.17, 15) is 4.79 Å². The Morgan fingerprint density at radius 3 is 2.70 bits per heavy atom. The van der Waals surface area contributed by atoms with Crippen LogP contribution < -0.4 is 5.32 Å². The third-order valence-corrected chi connectivity index (χ3v) is 5.87. The maximum absolute atomic E-state index is 11.3. The Morgan fingerprint density at radius 1 is 1.26 bits per heavy atom. The fourth-order valence-electron chi connectivity index (χ4n) is 4.47. The summed E-state index contributed by atoms with van der Waals surface area (Å²) in [5, 5.41) is 11.5. The van der Waals surface area contributed by atoms with Crippen LogP contribution in [0.2, 0.25) is 0 Å². The van der Waals surface area contributed by atoms with Gasteiger partial charge < -0.3 is 15.0 Å². The zero-order valence-electron chi connectivity index (χ0n) is 16.6. The molecule has 8 nitrogen and oxygen atoms in total. The molecule has 3 rings (SSSR count). The number of nitrogens with zero attached hydrogens (tertiary/aromatic N) is 5. The lowest BCUT2D eigenvalue weighted by Crippen LogP contribution is -2.50. The van der Waals surface area contributed by atoms with Crippen molar-refractivity contribution in [3.05, 3.63) is 11.9 Å². The number of aromatic nitrogens is 3. The summed E-state index contributed by atoms with van der Waals surface area (Å²) in [7, 11) is 3.20. The van der Waals surface area contributed by atoms with E-state index < -0.39 is 0 Å². The van der Waals surface area contributed by atoms with Crippen molar-refractivity contribution >= 4 is 11.9 Å². The largest absolute Gasteiger partial charge is 0.468 e. The molecule has 0 amide bonds. The SMILES string of the molecule is CN=C(NCc1cn(CC(=O)OC)nn1)N1CCCC2(CCCCCC2)C1. The van der Waals surface area contributed by atoms with Gasteiger partial charge in [0.05, 0.1) is 19.9 Å². The molecule has 1 saturated heterocycles. The molecule has 1 aromatic rings. The number of rotatable bonds is 4. The number of hydrogen-bond donors (Lipinski definition) is 1. The third-order valence-electron chi connectivity index (χ3n) is 5.87. The summed E-state index contributed by atoms with van der Waals surface area (Å²) in [6.45, 7) is 2.77. The van der Waals surface area contributed by atoms with Crippen LogP contribution in [0.25, 0.3) is 0 Å². The summed E-state index contributed by atoms with van der Waals surface area (Å²) in [5.74, 6) is 0.595. The van der Waals surface area contributed by atoms with E-state index in [4.69, 9.17) is 0 Å².